The van der Waals surface area contributed by atoms with Gasteiger partial charge in [-0.05, 0) is 67.4 Å². The summed E-state index contributed by atoms with van der Waals surface area (Å²) < 4.78 is 0. The van der Waals surface area contributed by atoms with Crippen molar-refractivity contribution in [2.45, 2.75) is 13.8 Å². The molecule has 1 N–H and O–H groups in total. The van der Waals surface area contributed by atoms with E-state index in [9.17, 15) is 19.5 Å². The van der Waals surface area contributed by atoms with E-state index in [1.165, 1.54) is 12.1 Å². The highest BCUT2D eigenvalue weighted by atomic mass is 16.3. The molecule has 4 rings (SSSR count). The van der Waals surface area contributed by atoms with Gasteiger partial charge in [-0.25, -0.2) is 4.90 Å². The summed E-state index contributed by atoms with van der Waals surface area (Å²) in [5.41, 5.74) is 4.96. The van der Waals surface area contributed by atoms with E-state index < -0.39 is 11.8 Å². The van der Waals surface area contributed by atoms with E-state index in [2.05, 4.69) is 11.6 Å². The molecular weight excluding hydrogens is 404 g/mol. The second kappa shape index (κ2) is 8.07. The van der Waals surface area contributed by atoms with Gasteiger partial charge in [0, 0.05) is 16.8 Å². The van der Waals surface area contributed by atoms with Crippen molar-refractivity contribution < 1.29 is 19.5 Å². The quantitative estimate of drug-likeness (QED) is 0.261. The van der Waals surface area contributed by atoms with Crippen LogP contribution in [0.1, 0.15) is 54.7 Å². The summed E-state index contributed by atoms with van der Waals surface area (Å²) in [6, 6.07) is 16.8. The van der Waals surface area contributed by atoms with Gasteiger partial charge in [-0.3, -0.25) is 19.4 Å². The normalized spacial score (nSPS) is 13.3. The third-order valence-electron chi connectivity index (χ3n) is 5.39. The predicted octanol–water partition coefficient (Wildman–Crippen LogP) is 5.28. The molecule has 1 aliphatic heterocycles. The zero-order valence-corrected chi connectivity index (χ0v) is 17.6. The molecule has 0 radical (unpaired) electrons. The van der Waals surface area contributed by atoms with E-state index in [1.54, 1.807) is 42.5 Å². The van der Waals surface area contributed by atoms with Crippen LogP contribution < -0.4 is 4.90 Å². The van der Waals surface area contributed by atoms with Crippen LogP contribution in [0.4, 0.5) is 11.4 Å². The number of aliphatic hydroxyl groups is 1. The molecule has 0 aromatic heterocycles. The molecule has 1 aliphatic rings. The molecule has 0 unspecified atom stereocenters. The maximum atomic E-state index is 13.0. The van der Waals surface area contributed by atoms with Gasteiger partial charge in [0.15, 0.2) is 0 Å². The van der Waals surface area contributed by atoms with Crippen molar-refractivity contribution in [3.05, 3.63) is 101 Å². The number of aldehydes is 1. The van der Waals surface area contributed by atoms with Crippen LogP contribution >= 0.6 is 0 Å². The number of hydrogen-bond donors (Lipinski definition) is 1. The average Bonchev–Trinajstić information content (AvgIpc) is 3.04. The SMILES string of the molecule is C=C(O)c1ccc2c(c1)C(=O)N(c1cccc(C(C)=Nc3ccc(C=O)cc3C)c1)C2=O. The molecule has 3 aromatic carbocycles. The van der Waals surface area contributed by atoms with Gasteiger partial charge >= 0.3 is 0 Å². The molecule has 1 heterocycles. The first-order chi connectivity index (χ1) is 15.3. The molecule has 3 aromatic rings. The molecule has 2 amide bonds. The van der Waals surface area contributed by atoms with Crippen LogP contribution in [-0.2, 0) is 0 Å². The number of fused-ring (bicyclic) bond motifs is 1. The number of nitrogens with zero attached hydrogens (tertiary/aromatic N) is 2. The second-order valence-electron chi connectivity index (χ2n) is 7.56. The lowest BCUT2D eigenvalue weighted by molar-refractivity contribution is 0.0925. The third kappa shape index (κ3) is 3.63. The number of carbonyl (C=O) groups is 3. The topological polar surface area (TPSA) is 87.0 Å². The van der Waals surface area contributed by atoms with Crippen LogP contribution in [0.3, 0.4) is 0 Å². The number of aliphatic hydroxyl groups excluding tert-OH is 1. The third-order valence-corrected chi connectivity index (χ3v) is 5.39. The standard InChI is InChI=1S/C26H20N2O4/c1-15-11-18(14-29)7-10-24(15)27-16(2)19-5-4-6-21(12-19)28-25(31)22-9-8-20(17(3)30)13-23(22)26(28)32/h4-14,30H,3H2,1-2H3. The van der Waals surface area contributed by atoms with Gasteiger partial charge < -0.3 is 5.11 Å². The summed E-state index contributed by atoms with van der Waals surface area (Å²) in [6.07, 6.45) is 0.790. The summed E-state index contributed by atoms with van der Waals surface area (Å²) in [7, 11) is 0. The Bertz CT molecular complexity index is 1340. The number of carbonyl (C=O) groups excluding carboxylic acids is 3. The summed E-state index contributed by atoms with van der Waals surface area (Å²) in [4.78, 5) is 42.6. The van der Waals surface area contributed by atoms with Gasteiger partial charge in [0.2, 0.25) is 0 Å². The largest absolute Gasteiger partial charge is 0.508 e. The minimum atomic E-state index is -0.458. The van der Waals surface area contributed by atoms with Gasteiger partial charge in [0.1, 0.15) is 12.0 Å². The van der Waals surface area contributed by atoms with E-state index in [0.29, 0.717) is 22.5 Å². The Hall–Kier alpha value is -4.32. The Balaban J connectivity index is 1.69. The molecular formula is C26H20N2O4. The lowest BCUT2D eigenvalue weighted by Gasteiger charge is -2.15. The van der Waals surface area contributed by atoms with E-state index in [-0.39, 0.29) is 16.9 Å². The average molecular weight is 424 g/mol. The fourth-order valence-electron chi connectivity index (χ4n) is 3.65. The fourth-order valence-corrected chi connectivity index (χ4v) is 3.65. The molecule has 0 aliphatic carbocycles. The number of hydrogen-bond acceptors (Lipinski definition) is 5. The first kappa shape index (κ1) is 20.9. The van der Waals surface area contributed by atoms with Crippen LogP contribution in [0.2, 0.25) is 0 Å². The molecule has 0 saturated heterocycles. The fraction of sp³-hybridized carbons (Fsp3) is 0.0769. The van der Waals surface area contributed by atoms with Crippen LogP contribution in [0, 0.1) is 6.92 Å². The number of rotatable bonds is 5. The summed E-state index contributed by atoms with van der Waals surface area (Å²) in [5, 5.41) is 9.62. The van der Waals surface area contributed by atoms with Gasteiger partial charge in [-0.1, -0.05) is 24.8 Å². The number of imide groups is 1. The number of aryl methyl sites for hydroxylation is 1. The van der Waals surface area contributed by atoms with E-state index in [1.807, 2.05) is 19.9 Å². The molecule has 0 spiro atoms. The first-order valence-corrected chi connectivity index (χ1v) is 9.93. The molecule has 0 saturated carbocycles. The zero-order valence-electron chi connectivity index (χ0n) is 17.6. The summed E-state index contributed by atoms with van der Waals surface area (Å²) in [5.74, 6) is -1.05. The zero-order chi connectivity index (χ0) is 23.0. The van der Waals surface area contributed by atoms with Crippen molar-refractivity contribution in [3.63, 3.8) is 0 Å². The van der Waals surface area contributed by atoms with Crippen molar-refractivity contribution in [3.8, 4) is 0 Å². The molecule has 0 bridgehead atoms. The van der Waals surface area contributed by atoms with Crippen LogP contribution in [0.15, 0.2) is 72.2 Å². The lowest BCUT2D eigenvalue weighted by Crippen LogP contribution is -2.29. The number of benzene rings is 3. The molecule has 0 fully saturated rings. The Morgan fingerprint density at radius 1 is 0.969 bits per heavy atom. The number of aliphatic imine (C=N–C) groups is 1. The highest BCUT2D eigenvalue weighted by Crippen LogP contribution is 2.31. The maximum absolute atomic E-state index is 13.0. The molecule has 32 heavy (non-hydrogen) atoms. The highest BCUT2D eigenvalue weighted by molar-refractivity contribution is 6.34. The second-order valence-corrected chi connectivity index (χ2v) is 7.56. The Morgan fingerprint density at radius 3 is 2.41 bits per heavy atom. The minimum Gasteiger partial charge on any atom is -0.508 e. The Kier molecular flexibility index (Phi) is 5.28. The smallest absolute Gasteiger partial charge is 0.266 e. The van der Waals surface area contributed by atoms with Gasteiger partial charge in [-0.15, -0.1) is 0 Å². The minimum absolute atomic E-state index is 0.170. The van der Waals surface area contributed by atoms with E-state index >= 15 is 0 Å². The first-order valence-electron chi connectivity index (χ1n) is 9.93. The van der Waals surface area contributed by atoms with Crippen molar-refractivity contribution in [2.24, 2.45) is 4.99 Å². The van der Waals surface area contributed by atoms with Gasteiger partial charge in [0.05, 0.1) is 22.5 Å². The van der Waals surface area contributed by atoms with Crippen molar-refractivity contribution in [2.75, 3.05) is 4.90 Å². The molecule has 158 valence electrons. The Morgan fingerprint density at radius 2 is 1.72 bits per heavy atom. The molecule has 6 nitrogen and oxygen atoms in total. The van der Waals surface area contributed by atoms with E-state index in [4.69, 9.17) is 0 Å². The van der Waals surface area contributed by atoms with Gasteiger partial charge in [-0.2, -0.15) is 0 Å². The van der Waals surface area contributed by atoms with Crippen LogP contribution in [0.25, 0.3) is 5.76 Å². The molecule has 6 heteroatoms. The van der Waals surface area contributed by atoms with E-state index in [0.717, 1.165) is 28.0 Å². The van der Waals surface area contributed by atoms with Crippen molar-refractivity contribution in [1.82, 2.24) is 0 Å². The van der Waals surface area contributed by atoms with Crippen molar-refractivity contribution in [1.29, 1.82) is 0 Å². The number of amides is 2. The lowest BCUT2D eigenvalue weighted by atomic mass is 10.1. The predicted molar refractivity (Wildman–Crippen MR) is 124 cm³/mol. The monoisotopic (exact) mass is 424 g/mol. The Labute approximate surface area is 185 Å². The van der Waals surface area contributed by atoms with Crippen molar-refractivity contribution >= 4 is 40.9 Å². The van der Waals surface area contributed by atoms with Crippen LogP contribution in [0.5, 0.6) is 0 Å². The summed E-state index contributed by atoms with van der Waals surface area (Å²) in [6.45, 7) is 7.19. The molecule has 0 atom stereocenters. The highest BCUT2D eigenvalue weighted by Gasteiger charge is 2.37. The van der Waals surface area contributed by atoms with Gasteiger partial charge in [0.25, 0.3) is 11.8 Å². The van der Waals surface area contributed by atoms with Crippen LogP contribution in [-0.4, -0.2) is 28.9 Å². The maximum Gasteiger partial charge on any atom is 0.266 e. The number of anilines is 1. The summed E-state index contributed by atoms with van der Waals surface area (Å²) >= 11 is 0.